The summed E-state index contributed by atoms with van der Waals surface area (Å²) in [6.45, 7) is 4.71. The summed E-state index contributed by atoms with van der Waals surface area (Å²) in [5.74, 6) is 0.575. The highest BCUT2D eigenvalue weighted by molar-refractivity contribution is 9.11. The second-order valence-electron chi connectivity index (χ2n) is 4.23. The molecule has 0 atom stereocenters. The van der Waals surface area contributed by atoms with Gasteiger partial charge in [-0.05, 0) is 46.5 Å². The van der Waals surface area contributed by atoms with E-state index in [1.165, 1.54) is 4.88 Å². The Morgan fingerprint density at radius 3 is 2.65 bits per heavy atom. The van der Waals surface area contributed by atoms with Gasteiger partial charge in [-0.15, -0.1) is 16.4 Å². The maximum atomic E-state index is 9.39. The number of nitrogens with one attached hydrogen (secondary N) is 1. The molecule has 6 heteroatoms. The number of nitriles is 1. The lowest BCUT2D eigenvalue weighted by molar-refractivity contribution is 0.870. The highest BCUT2D eigenvalue weighted by atomic mass is 79.9. The van der Waals surface area contributed by atoms with Crippen molar-refractivity contribution in [1.29, 1.82) is 5.26 Å². The van der Waals surface area contributed by atoms with Crippen LogP contribution in [0.5, 0.6) is 0 Å². The van der Waals surface area contributed by atoms with Crippen LogP contribution in [0.2, 0.25) is 0 Å². The number of nitrogens with zero attached hydrogens (tertiary/aromatic N) is 3. The predicted molar refractivity (Wildman–Crippen MR) is 84.8 cm³/mol. The van der Waals surface area contributed by atoms with Crippen LogP contribution in [0, 0.1) is 11.3 Å². The van der Waals surface area contributed by atoms with Gasteiger partial charge in [-0.3, -0.25) is 0 Å². The number of aryl methyl sites for hydroxylation is 1. The lowest BCUT2D eigenvalue weighted by atomic mass is 10.0. The molecule has 1 N–H and O–H groups in total. The number of thiophene rings is 1. The summed E-state index contributed by atoms with van der Waals surface area (Å²) in [6, 6.07) is 6.31. The van der Waals surface area contributed by atoms with Crippen molar-refractivity contribution in [1.82, 2.24) is 10.2 Å². The van der Waals surface area contributed by atoms with Crippen LogP contribution in [0.25, 0.3) is 0 Å². The molecule has 0 aliphatic carbocycles. The van der Waals surface area contributed by atoms with Crippen LogP contribution in [-0.4, -0.2) is 10.2 Å². The Balaban J connectivity index is 2.25. The van der Waals surface area contributed by atoms with E-state index in [1.807, 2.05) is 26.0 Å². The molecular weight excluding hydrogens is 336 g/mol. The fraction of sp³-hybridized carbons (Fsp3) is 0.357. The Labute approximate surface area is 131 Å². The molecule has 0 spiro atoms. The first-order valence-corrected chi connectivity index (χ1v) is 8.07. The second-order valence-corrected chi connectivity index (χ2v) is 6.77. The molecule has 2 aromatic heterocycles. The molecule has 4 nitrogen and oxygen atoms in total. The van der Waals surface area contributed by atoms with Crippen molar-refractivity contribution in [3.05, 3.63) is 37.6 Å². The van der Waals surface area contributed by atoms with Crippen LogP contribution >= 0.6 is 27.3 Å². The molecule has 20 heavy (non-hydrogen) atoms. The lowest BCUT2D eigenvalue weighted by Gasteiger charge is -2.11. The summed E-state index contributed by atoms with van der Waals surface area (Å²) in [7, 11) is 0. The monoisotopic (exact) mass is 350 g/mol. The van der Waals surface area contributed by atoms with E-state index in [2.05, 4.69) is 37.5 Å². The molecule has 0 saturated carbocycles. The third kappa shape index (κ3) is 3.17. The molecule has 2 aromatic rings. The van der Waals surface area contributed by atoms with Crippen molar-refractivity contribution in [2.45, 2.75) is 33.2 Å². The lowest BCUT2D eigenvalue weighted by Crippen LogP contribution is -2.09. The molecule has 0 aromatic carbocycles. The van der Waals surface area contributed by atoms with Crippen LogP contribution < -0.4 is 5.32 Å². The fourth-order valence-corrected chi connectivity index (χ4v) is 3.46. The largest absolute Gasteiger partial charge is 0.363 e. The minimum absolute atomic E-state index is 0.575. The summed E-state index contributed by atoms with van der Waals surface area (Å²) in [5.41, 5.74) is 2.53. The summed E-state index contributed by atoms with van der Waals surface area (Å²) >= 11 is 5.10. The number of aromatic nitrogens is 2. The van der Waals surface area contributed by atoms with Crippen molar-refractivity contribution in [2.24, 2.45) is 0 Å². The minimum Gasteiger partial charge on any atom is -0.363 e. The fourth-order valence-electron chi connectivity index (χ4n) is 2.03. The molecule has 0 unspecified atom stereocenters. The molecule has 0 aliphatic heterocycles. The summed E-state index contributed by atoms with van der Waals surface area (Å²) in [4.78, 5) is 1.18. The van der Waals surface area contributed by atoms with Gasteiger partial charge < -0.3 is 5.32 Å². The maximum absolute atomic E-state index is 9.39. The highest BCUT2D eigenvalue weighted by Gasteiger charge is 2.14. The number of halogens is 1. The van der Waals surface area contributed by atoms with Crippen LogP contribution in [0.4, 0.5) is 5.82 Å². The minimum atomic E-state index is 0.575. The topological polar surface area (TPSA) is 61.6 Å². The SMILES string of the molecule is CCc1nnc(NCc2ccc(Br)s2)c(C#N)c1CC. The van der Waals surface area contributed by atoms with Gasteiger partial charge in [0.05, 0.1) is 16.0 Å². The van der Waals surface area contributed by atoms with Crippen molar-refractivity contribution in [2.75, 3.05) is 5.32 Å². The van der Waals surface area contributed by atoms with E-state index in [1.54, 1.807) is 11.3 Å². The first kappa shape index (κ1) is 14.9. The third-order valence-electron chi connectivity index (χ3n) is 3.02. The molecule has 2 heterocycles. The Bertz CT molecular complexity index is 645. The van der Waals surface area contributed by atoms with Crippen molar-refractivity contribution >= 4 is 33.1 Å². The van der Waals surface area contributed by atoms with Crippen LogP contribution in [-0.2, 0) is 19.4 Å². The van der Waals surface area contributed by atoms with Crippen molar-refractivity contribution in [3.63, 3.8) is 0 Å². The zero-order valence-corrected chi connectivity index (χ0v) is 13.8. The van der Waals surface area contributed by atoms with E-state index >= 15 is 0 Å². The molecular formula is C14H15BrN4S. The van der Waals surface area contributed by atoms with Crippen LogP contribution in [0.3, 0.4) is 0 Å². The molecule has 0 radical (unpaired) electrons. The summed E-state index contributed by atoms with van der Waals surface area (Å²) in [5, 5.41) is 21.0. The van der Waals surface area contributed by atoms with Crippen LogP contribution in [0.15, 0.2) is 15.9 Å². The molecule has 0 aliphatic rings. The Morgan fingerprint density at radius 2 is 2.10 bits per heavy atom. The van der Waals surface area contributed by atoms with E-state index in [4.69, 9.17) is 0 Å². The zero-order valence-electron chi connectivity index (χ0n) is 11.4. The maximum Gasteiger partial charge on any atom is 0.167 e. The van der Waals surface area contributed by atoms with E-state index < -0.39 is 0 Å². The van der Waals surface area contributed by atoms with Gasteiger partial charge >= 0.3 is 0 Å². The molecule has 0 saturated heterocycles. The first-order chi connectivity index (χ1) is 9.69. The average Bonchev–Trinajstić information content (AvgIpc) is 2.89. The molecule has 0 bridgehead atoms. The molecule has 0 fully saturated rings. The van der Waals surface area contributed by atoms with Gasteiger partial charge in [0, 0.05) is 4.88 Å². The molecule has 0 amide bonds. The Kier molecular flexibility index (Phi) is 5.10. The van der Waals surface area contributed by atoms with E-state index in [0.29, 0.717) is 17.9 Å². The zero-order chi connectivity index (χ0) is 14.5. The van der Waals surface area contributed by atoms with Gasteiger partial charge in [-0.25, -0.2) is 0 Å². The van der Waals surface area contributed by atoms with E-state index in [9.17, 15) is 5.26 Å². The summed E-state index contributed by atoms with van der Waals surface area (Å²) < 4.78 is 1.09. The Morgan fingerprint density at radius 1 is 1.30 bits per heavy atom. The first-order valence-electron chi connectivity index (χ1n) is 6.46. The summed E-state index contributed by atoms with van der Waals surface area (Å²) in [6.07, 6.45) is 1.59. The predicted octanol–water partition coefficient (Wildman–Crippen LogP) is 3.91. The highest BCUT2D eigenvalue weighted by Crippen LogP contribution is 2.24. The van der Waals surface area contributed by atoms with Gasteiger partial charge in [0.2, 0.25) is 0 Å². The number of hydrogen-bond acceptors (Lipinski definition) is 5. The second kappa shape index (κ2) is 6.82. The molecule has 104 valence electrons. The number of rotatable bonds is 5. The molecule has 2 rings (SSSR count). The normalized spacial score (nSPS) is 10.3. The van der Waals surface area contributed by atoms with E-state index in [0.717, 1.165) is 27.9 Å². The van der Waals surface area contributed by atoms with E-state index in [-0.39, 0.29) is 0 Å². The van der Waals surface area contributed by atoms with Gasteiger partial charge in [0.15, 0.2) is 5.82 Å². The number of hydrogen-bond donors (Lipinski definition) is 1. The van der Waals surface area contributed by atoms with Gasteiger partial charge in [-0.2, -0.15) is 10.4 Å². The quantitative estimate of drug-likeness (QED) is 0.887. The average molecular weight is 351 g/mol. The van der Waals surface area contributed by atoms with Crippen molar-refractivity contribution < 1.29 is 0 Å². The Hall–Kier alpha value is -1.45. The number of anilines is 1. The smallest absolute Gasteiger partial charge is 0.167 e. The van der Waals surface area contributed by atoms with Gasteiger partial charge in [0.25, 0.3) is 0 Å². The standard InChI is InChI=1S/C14H15BrN4S/c1-3-10-11(7-16)14(19-18-12(10)4-2)17-8-9-5-6-13(15)20-9/h5-6H,3-4,8H2,1-2H3,(H,17,19). The van der Waals surface area contributed by atoms with Crippen molar-refractivity contribution in [3.8, 4) is 6.07 Å². The van der Waals surface area contributed by atoms with Gasteiger partial charge in [-0.1, -0.05) is 13.8 Å². The van der Waals surface area contributed by atoms with Gasteiger partial charge in [0.1, 0.15) is 11.6 Å². The van der Waals surface area contributed by atoms with Crippen LogP contribution in [0.1, 0.15) is 35.5 Å². The third-order valence-corrected chi connectivity index (χ3v) is 4.64.